The highest BCUT2D eigenvalue weighted by Crippen LogP contribution is 2.28. The van der Waals surface area contributed by atoms with Crippen molar-refractivity contribution in [3.8, 4) is 0 Å². The summed E-state index contributed by atoms with van der Waals surface area (Å²) < 4.78 is 0. The van der Waals surface area contributed by atoms with E-state index in [2.05, 4.69) is 34.0 Å². The molecule has 5 nitrogen and oxygen atoms in total. The molecule has 0 bridgehead atoms. The fourth-order valence-corrected chi connectivity index (χ4v) is 3.25. The van der Waals surface area contributed by atoms with Gasteiger partial charge in [-0.25, -0.2) is 4.98 Å². The minimum atomic E-state index is 0. The van der Waals surface area contributed by atoms with Gasteiger partial charge in [-0.1, -0.05) is 13.8 Å². The van der Waals surface area contributed by atoms with Crippen molar-refractivity contribution in [2.75, 3.05) is 30.0 Å². The van der Waals surface area contributed by atoms with Crippen molar-refractivity contribution < 1.29 is 4.79 Å². The molecule has 1 aliphatic rings. The second-order valence-electron chi connectivity index (χ2n) is 6.32. The average molecular weight is 359 g/mol. The van der Waals surface area contributed by atoms with Gasteiger partial charge in [-0.15, -0.1) is 12.4 Å². The maximum absolute atomic E-state index is 11.9. The van der Waals surface area contributed by atoms with Crippen molar-refractivity contribution in [1.29, 1.82) is 0 Å². The van der Waals surface area contributed by atoms with Crippen LogP contribution in [0.2, 0.25) is 0 Å². The predicted molar refractivity (Wildman–Crippen MR) is 99.6 cm³/mol. The molecule has 1 saturated heterocycles. The number of hydrogen-bond acceptors (Lipinski definition) is 5. The van der Waals surface area contributed by atoms with E-state index in [1.54, 1.807) is 11.8 Å². The summed E-state index contributed by atoms with van der Waals surface area (Å²) in [7, 11) is 0. The third-order valence-corrected chi connectivity index (χ3v) is 4.90. The Hall–Kier alpha value is -1.01. The van der Waals surface area contributed by atoms with E-state index >= 15 is 0 Å². The molecule has 1 amide bonds. The average Bonchev–Trinajstić information content (AvgIpc) is 2.86. The molecular formula is C16H27ClN4OS. The highest BCUT2D eigenvalue weighted by atomic mass is 35.5. The molecule has 0 spiro atoms. The van der Waals surface area contributed by atoms with Crippen LogP contribution in [0.15, 0.2) is 6.20 Å². The number of aryl methyl sites for hydroxylation is 2. The van der Waals surface area contributed by atoms with Crippen LogP contribution >= 0.6 is 24.2 Å². The fourth-order valence-electron chi connectivity index (χ4n) is 2.91. The fraction of sp³-hybridized carbons (Fsp3) is 0.688. The Bertz CT molecular complexity index is 541. The van der Waals surface area contributed by atoms with Crippen LogP contribution in [0, 0.1) is 25.7 Å². The SMILES string of the molecule is CSCC(=O)N[C@H]1CN(c2cnc(C)c(C)n2)C[C@@H]1C(C)C.Cl. The highest BCUT2D eigenvalue weighted by molar-refractivity contribution is 7.99. The van der Waals surface area contributed by atoms with E-state index in [4.69, 9.17) is 0 Å². The Labute approximate surface area is 149 Å². The van der Waals surface area contributed by atoms with E-state index in [-0.39, 0.29) is 24.4 Å². The summed E-state index contributed by atoms with van der Waals surface area (Å²) in [6.45, 7) is 10.1. The maximum Gasteiger partial charge on any atom is 0.230 e. The van der Waals surface area contributed by atoms with Crippen LogP contribution < -0.4 is 10.2 Å². The summed E-state index contributed by atoms with van der Waals surface area (Å²) in [4.78, 5) is 23.2. The number of amides is 1. The molecule has 0 aromatic carbocycles. The van der Waals surface area contributed by atoms with E-state index in [1.165, 1.54) is 0 Å². The van der Waals surface area contributed by atoms with Gasteiger partial charge >= 0.3 is 0 Å². The van der Waals surface area contributed by atoms with E-state index in [0.717, 1.165) is 30.3 Å². The Balaban J connectivity index is 0.00000264. The number of halogens is 1. The lowest BCUT2D eigenvalue weighted by Gasteiger charge is -2.22. The van der Waals surface area contributed by atoms with E-state index in [9.17, 15) is 4.79 Å². The number of nitrogens with zero attached hydrogens (tertiary/aromatic N) is 3. The molecule has 0 radical (unpaired) electrons. The number of nitrogens with one attached hydrogen (secondary N) is 1. The molecule has 2 heterocycles. The molecule has 1 aromatic heterocycles. The third kappa shape index (κ3) is 4.98. The topological polar surface area (TPSA) is 58.1 Å². The van der Waals surface area contributed by atoms with Gasteiger partial charge in [-0.05, 0) is 26.0 Å². The summed E-state index contributed by atoms with van der Waals surface area (Å²) in [6.07, 6.45) is 3.79. The van der Waals surface area contributed by atoms with Crippen LogP contribution in [0.3, 0.4) is 0 Å². The molecule has 7 heteroatoms. The van der Waals surface area contributed by atoms with Crippen LogP contribution in [0.25, 0.3) is 0 Å². The molecular weight excluding hydrogens is 332 g/mol. The van der Waals surface area contributed by atoms with Gasteiger partial charge in [0, 0.05) is 19.0 Å². The lowest BCUT2D eigenvalue weighted by molar-refractivity contribution is -0.119. The number of aromatic nitrogens is 2. The van der Waals surface area contributed by atoms with Gasteiger partial charge in [0.1, 0.15) is 5.82 Å². The van der Waals surface area contributed by atoms with E-state index in [1.807, 2.05) is 26.3 Å². The first kappa shape index (κ1) is 20.0. The predicted octanol–water partition coefficient (Wildman–Crippen LogP) is 2.46. The van der Waals surface area contributed by atoms with Gasteiger partial charge in [-0.2, -0.15) is 11.8 Å². The minimum absolute atomic E-state index is 0. The lowest BCUT2D eigenvalue weighted by Crippen LogP contribution is -2.42. The summed E-state index contributed by atoms with van der Waals surface area (Å²) in [5.74, 6) is 2.51. The Morgan fingerprint density at radius 3 is 2.65 bits per heavy atom. The second-order valence-corrected chi connectivity index (χ2v) is 7.18. The standard InChI is InChI=1S/C16H26N4OS.ClH/c1-10(2)13-7-20(8-14(13)19-16(21)9-22-5)15-6-17-11(3)12(4)18-15;/h6,10,13-14H,7-9H2,1-5H3,(H,19,21);1H/t13-,14+;/m1./s1. The monoisotopic (exact) mass is 358 g/mol. The molecule has 1 aliphatic heterocycles. The molecule has 1 aromatic rings. The Morgan fingerprint density at radius 2 is 2.09 bits per heavy atom. The number of hydrogen-bond donors (Lipinski definition) is 1. The van der Waals surface area contributed by atoms with Crippen molar-refractivity contribution in [2.45, 2.75) is 33.7 Å². The Morgan fingerprint density at radius 1 is 1.39 bits per heavy atom. The molecule has 0 unspecified atom stereocenters. The molecule has 1 fully saturated rings. The summed E-state index contributed by atoms with van der Waals surface area (Å²) in [6, 6.07) is 0.183. The van der Waals surface area contributed by atoms with Gasteiger partial charge in [0.2, 0.25) is 5.91 Å². The van der Waals surface area contributed by atoms with Crippen LogP contribution in [0.5, 0.6) is 0 Å². The smallest absolute Gasteiger partial charge is 0.230 e. The largest absolute Gasteiger partial charge is 0.353 e. The zero-order chi connectivity index (χ0) is 16.3. The number of rotatable bonds is 5. The molecule has 2 atom stereocenters. The van der Waals surface area contributed by atoms with E-state index in [0.29, 0.717) is 17.6 Å². The normalized spacial score (nSPS) is 20.5. The minimum Gasteiger partial charge on any atom is -0.353 e. The van der Waals surface area contributed by atoms with Crippen LogP contribution in [0.4, 0.5) is 5.82 Å². The summed E-state index contributed by atoms with van der Waals surface area (Å²) >= 11 is 1.56. The third-order valence-electron chi connectivity index (χ3n) is 4.35. The van der Waals surface area contributed by atoms with Crippen molar-refractivity contribution in [1.82, 2.24) is 15.3 Å². The zero-order valence-corrected chi connectivity index (χ0v) is 16.1. The quantitative estimate of drug-likeness (QED) is 0.876. The number of carbonyl (C=O) groups excluding carboxylic acids is 1. The first-order valence-electron chi connectivity index (χ1n) is 7.75. The van der Waals surface area contributed by atoms with Gasteiger partial charge in [0.05, 0.1) is 29.4 Å². The van der Waals surface area contributed by atoms with Crippen molar-refractivity contribution in [3.05, 3.63) is 17.6 Å². The maximum atomic E-state index is 11.9. The molecule has 23 heavy (non-hydrogen) atoms. The molecule has 0 aliphatic carbocycles. The molecule has 130 valence electrons. The molecule has 0 saturated carbocycles. The van der Waals surface area contributed by atoms with Gasteiger partial charge in [0.15, 0.2) is 0 Å². The van der Waals surface area contributed by atoms with E-state index < -0.39 is 0 Å². The number of carbonyl (C=O) groups is 1. The first-order chi connectivity index (χ1) is 10.4. The molecule has 1 N–H and O–H groups in total. The Kier molecular flexibility index (Phi) is 7.61. The second kappa shape index (κ2) is 8.73. The summed E-state index contributed by atoms with van der Waals surface area (Å²) in [5.41, 5.74) is 1.93. The summed E-state index contributed by atoms with van der Waals surface area (Å²) in [5, 5.41) is 3.19. The molecule has 2 rings (SSSR count). The van der Waals surface area contributed by atoms with Crippen LogP contribution in [0.1, 0.15) is 25.2 Å². The lowest BCUT2D eigenvalue weighted by atomic mass is 9.91. The van der Waals surface area contributed by atoms with Crippen LogP contribution in [-0.4, -0.2) is 47.0 Å². The zero-order valence-electron chi connectivity index (χ0n) is 14.5. The van der Waals surface area contributed by atoms with Crippen molar-refractivity contribution in [3.63, 3.8) is 0 Å². The highest BCUT2D eigenvalue weighted by Gasteiger charge is 2.36. The first-order valence-corrected chi connectivity index (χ1v) is 9.15. The number of thioether (sulfide) groups is 1. The van der Waals surface area contributed by atoms with Gasteiger partial charge < -0.3 is 10.2 Å². The van der Waals surface area contributed by atoms with Crippen molar-refractivity contribution in [2.24, 2.45) is 11.8 Å². The van der Waals surface area contributed by atoms with Crippen molar-refractivity contribution >= 4 is 35.9 Å². The number of anilines is 1. The van der Waals surface area contributed by atoms with Crippen LogP contribution in [-0.2, 0) is 4.79 Å². The van der Waals surface area contributed by atoms with Gasteiger partial charge in [0.25, 0.3) is 0 Å². The van der Waals surface area contributed by atoms with Gasteiger partial charge in [-0.3, -0.25) is 9.78 Å².